The second kappa shape index (κ2) is 8.17. The molecule has 4 atom stereocenters. The van der Waals surface area contributed by atoms with Gasteiger partial charge in [0.05, 0.1) is 5.92 Å². The smallest absolute Gasteiger partial charge is 0.321 e. The lowest BCUT2D eigenvalue weighted by atomic mass is 9.83. The van der Waals surface area contributed by atoms with Crippen LogP contribution in [0.15, 0.2) is 30.3 Å². The number of nitrogens with one attached hydrogen (secondary N) is 1. The van der Waals surface area contributed by atoms with Gasteiger partial charge >= 0.3 is 11.9 Å². The first-order valence-corrected chi connectivity index (χ1v) is 11.8. The molecule has 1 aromatic carbocycles. The Kier molecular flexibility index (Phi) is 5.95. The van der Waals surface area contributed by atoms with Crippen LogP contribution in [0.3, 0.4) is 0 Å². The number of rotatable bonds is 5. The maximum Gasteiger partial charge on any atom is 0.321 e. The lowest BCUT2D eigenvalue weighted by Gasteiger charge is -2.39. The summed E-state index contributed by atoms with van der Waals surface area (Å²) in [6, 6.07) is 10.2. The van der Waals surface area contributed by atoms with E-state index >= 15 is 0 Å². The topological polar surface area (TPSA) is 64.6 Å². The van der Waals surface area contributed by atoms with Crippen LogP contribution in [0.25, 0.3) is 0 Å². The fraction of sp³-hybridized carbons (Fsp3) is 0.652. The minimum absolute atomic E-state index is 0.0486. The first-order chi connectivity index (χ1) is 13.8. The zero-order valence-electron chi connectivity index (χ0n) is 17.2. The van der Waals surface area contributed by atoms with Crippen molar-refractivity contribution in [2.45, 2.75) is 61.1 Å². The number of piperidine rings is 1. The second-order valence-electron chi connectivity index (χ2n) is 9.28. The highest BCUT2D eigenvalue weighted by molar-refractivity contribution is 14.1. The van der Waals surface area contributed by atoms with E-state index in [0.29, 0.717) is 0 Å². The van der Waals surface area contributed by atoms with Gasteiger partial charge in [-0.3, -0.25) is 9.59 Å². The summed E-state index contributed by atoms with van der Waals surface area (Å²) in [5, 5.41) is 3.37. The van der Waals surface area contributed by atoms with Crippen LogP contribution in [-0.2, 0) is 24.7 Å². The molecule has 1 aliphatic heterocycles. The predicted molar refractivity (Wildman–Crippen MR) is 119 cm³/mol. The first kappa shape index (κ1) is 21.1. The number of carbonyl (C=O) groups is 2. The number of hydrogen-bond donors (Lipinski definition) is 1. The molecule has 4 rings (SSSR count). The van der Waals surface area contributed by atoms with Crippen LogP contribution >= 0.6 is 22.6 Å². The molecule has 1 N–H and O–H groups in total. The van der Waals surface area contributed by atoms with Crippen molar-refractivity contribution in [1.82, 2.24) is 5.32 Å². The third kappa shape index (κ3) is 4.33. The maximum absolute atomic E-state index is 13.2. The Bertz CT molecular complexity index is 754. The van der Waals surface area contributed by atoms with Crippen molar-refractivity contribution in [3.05, 3.63) is 35.9 Å². The first-order valence-electron chi connectivity index (χ1n) is 10.7. The monoisotopic (exact) mass is 511 g/mol. The van der Waals surface area contributed by atoms with Crippen molar-refractivity contribution < 1.29 is 19.1 Å². The molecule has 5 nitrogen and oxygen atoms in total. The summed E-state index contributed by atoms with van der Waals surface area (Å²) in [6.45, 7) is 5.43. The van der Waals surface area contributed by atoms with Gasteiger partial charge in [-0.05, 0) is 63.6 Å². The minimum atomic E-state index is -0.525. The fourth-order valence-corrected chi connectivity index (χ4v) is 5.35. The molecule has 0 aromatic heterocycles. The Hall–Kier alpha value is -1.15. The Labute approximate surface area is 186 Å². The zero-order valence-corrected chi connectivity index (χ0v) is 19.3. The van der Waals surface area contributed by atoms with Crippen molar-refractivity contribution in [3.8, 4) is 0 Å². The predicted octanol–water partition coefficient (Wildman–Crippen LogP) is 3.98. The summed E-state index contributed by atoms with van der Waals surface area (Å²) in [4.78, 5) is 25.5. The van der Waals surface area contributed by atoms with Crippen LogP contribution in [0, 0.1) is 17.8 Å². The standard InChI is InChI=1S/C23H30INO4/c1-22(2,24)21(27)28-19-14-15-12-16(19)13-18(15)20(26)29-23(8-10-25-11-9-23)17-6-4-3-5-7-17/h3-7,15-16,18-19,25H,8-14H2,1-2H3. The highest BCUT2D eigenvalue weighted by Gasteiger charge is 2.52. The van der Waals surface area contributed by atoms with E-state index < -0.39 is 9.02 Å². The van der Waals surface area contributed by atoms with E-state index in [2.05, 4.69) is 40.0 Å². The zero-order chi connectivity index (χ0) is 20.6. The number of hydrogen-bond acceptors (Lipinski definition) is 5. The van der Waals surface area contributed by atoms with E-state index in [-0.39, 0.29) is 35.8 Å². The van der Waals surface area contributed by atoms with Gasteiger partial charge in [-0.1, -0.05) is 52.9 Å². The third-order valence-electron chi connectivity index (χ3n) is 6.85. The fourth-order valence-electron chi connectivity index (χ4n) is 5.22. The van der Waals surface area contributed by atoms with Crippen molar-refractivity contribution in [2.75, 3.05) is 13.1 Å². The van der Waals surface area contributed by atoms with E-state index in [1.54, 1.807) is 0 Å². The summed E-state index contributed by atoms with van der Waals surface area (Å²) < 4.78 is 11.5. The molecule has 3 aliphatic rings. The molecule has 2 aliphatic carbocycles. The molecule has 0 spiro atoms. The maximum atomic E-state index is 13.2. The quantitative estimate of drug-likeness (QED) is 0.368. The van der Waals surface area contributed by atoms with E-state index in [0.717, 1.165) is 50.8 Å². The average molecular weight is 511 g/mol. The van der Waals surface area contributed by atoms with Crippen LogP contribution in [-0.4, -0.2) is 34.6 Å². The van der Waals surface area contributed by atoms with Gasteiger partial charge in [-0.25, -0.2) is 0 Å². The lowest BCUT2D eigenvalue weighted by molar-refractivity contribution is -0.172. The van der Waals surface area contributed by atoms with Crippen LogP contribution in [0.1, 0.15) is 51.5 Å². The van der Waals surface area contributed by atoms with Gasteiger partial charge in [0.25, 0.3) is 0 Å². The van der Waals surface area contributed by atoms with E-state index in [1.165, 1.54) is 0 Å². The highest BCUT2D eigenvalue weighted by Crippen LogP contribution is 2.51. The summed E-state index contributed by atoms with van der Waals surface area (Å²) >= 11 is 2.12. The third-order valence-corrected chi connectivity index (χ3v) is 7.29. The number of esters is 2. The number of benzene rings is 1. The van der Waals surface area contributed by atoms with Crippen LogP contribution in [0.5, 0.6) is 0 Å². The number of halogens is 1. The minimum Gasteiger partial charge on any atom is -0.461 e. The van der Waals surface area contributed by atoms with Gasteiger partial charge < -0.3 is 14.8 Å². The number of alkyl halides is 1. The molecule has 4 unspecified atom stereocenters. The van der Waals surface area contributed by atoms with Gasteiger partial charge in [0.1, 0.15) is 15.1 Å². The molecule has 2 bridgehead atoms. The van der Waals surface area contributed by atoms with Crippen LogP contribution < -0.4 is 5.32 Å². The molecular weight excluding hydrogens is 481 g/mol. The van der Waals surface area contributed by atoms with Crippen molar-refractivity contribution in [1.29, 1.82) is 0 Å². The van der Waals surface area contributed by atoms with Crippen molar-refractivity contribution in [2.24, 2.45) is 17.8 Å². The van der Waals surface area contributed by atoms with E-state index in [1.807, 2.05) is 32.0 Å². The SMILES string of the molecule is CC(C)(I)C(=O)OC1CC2CC1CC2C(=O)OC1(c2ccccc2)CCNCC1. The molecule has 158 valence electrons. The van der Waals surface area contributed by atoms with Gasteiger partial charge in [0.2, 0.25) is 0 Å². The summed E-state index contributed by atoms with van der Waals surface area (Å²) in [5.74, 6) is 0.242. The molecule has 6 heteroatoms. The Morgan fingerprint density at radius 3 is 2.34 bits per heavy atom. The molecule has 0 amide bonds. The number of fused-ring (bicyclic) bond motifs is 2. The van der Waals surface area contributed by atoms with Crippen LogP contribution in [0.4, 0.5) is 0 Å². The molecule has 3 fully saturated rings. The molecule has 1 heterocycles. The molecule has 1 saturated heterocycles. The molecule has 1 aromatic rings. The Balaban J connectivity index is 1.42. The van der Waals surface area contributed by atoms with Gasteiger partial charge in [0, 0.05) is 12.8 Å². The second-order valence-corrected chi connectivity index (χ2v) is 12.0. The lowest BCUT2D eigenvalue weighted by Crippen LogP contribution is -2.45. The number of carbonyl (C=O) groups excluding carboxylic acids is 2. The van der Waals surface area contributed by atoms with Gasteiger partial charge in [0.15, 0.2) is 0 Å². The van der Waals surface area contributed by atoms with Gasteiger partial charge in [-0.2, -0.15) is 0 Å². The number of ether oxygens (including phenoxy) is 2. The van der Waals surface area contributed by atoms with E-state index in [4.69, 9.17) is 9.47 Å². The van der Waals surface area contributed by atoms with Crippen molar-refractivity contribution >= 4 is 34.5 Å². The van der Waals surface area contributed by atoms with Gasteiger partial charge in [-0.15, -0.1) is 0 Å². The molecular formula is C23H30INO4. The largest absolute Gasteiger partial charge is 0.461 e. The van der Waals surface area contributed by atoms with Crippen LogP contribution in [0.2, 0.25) is 0 Å². The molecule has 0 radical (unpaired) electrons. The Morgan fingerprint density at radius 1 is 1.07 bits per heavy atom. The molecule has 2 saturated carbocycles. The Morgan fingerprint density at radius 2 is 1.76 bits per heavy atom. The molecule has 29 heavy (non-hydrogen) atoms. The summed E-state index contributed by atoms with van der Waals surface area (Å²) in [6.07, 6.45) is 4.06. The summed E-state index contributed by atoms with van der Waals surface area (Å²) in [5.41, 5.74) is 0.566. The average Bonchev–Trinajstić information content (AvgIpc) is 3.29. The van der Waals surface area contributed by atoms with Crippen molar-refractivity contribution in [3.63, 3.8) is 0 Å². The van der Waals surface area contributed by atoms with E-state index in [9.17, 15) is 9.59 Å². The normalized spacial score (nSPS) is 30.7. The highest BCUT2D eigenvalue weighted by atomic mass is 127. The summed E-state index contributed by atoms with van der Waals surface area (Å²) in [7, 11) is 0.